The monoisotopic (exact) mass is 336 g/mol. The molecule has 2 aromatic heterocycles. The summed E-state index contributed by atoms with van der Waals surface area (Å²) in [5.74, 6) is 1.35. The number of hydrogen-bond acceptors (Lipinski definition) is 4. The molecule has 1 saturated heterocycles. The SMILES string of the molecule is Cc1ccc(-c2nc(CN3CCC(c4cn[nH]c4)CC3)co2)c(C)c1. The summed E-state index contributed by atoms with van der Waals surface area (Å²) >= 11 is 0. The number of aryl methyl sites for hydroxylation is 2. The number of aromatic amines is 1. The van der Waals surface area contributed by atoms with Crippen LogP contribution in [0.25, 0.3) is 11.5 Å². The summed E-state index contributed by atoms with van der Waals surface area (Å²) in [5, 5.41) is 6.99. The Morgan fingerprint density at radius 1 is 1.24 bits per heavy atom. The van der Waals surface area contributed by atoms with E-state index in [9.17, 15) is 0 Å². The normalized spacial score (nSPS) is 16.4. The fourth-order valence-electron chi connectivity index (χ4n) is 3.69. The summed E-state index contributed by atoms with van der Waals surface area (Å²) in [6, 6.07) is 6.36. The van der Waals surface area contributed by atoms with Gasteiger partial charge in [0, 0.05) is 18.3 Å². The molecule has 3 aromatic rings. The highest BCUT2D eigenvalue weighted by Gasteiger charge is 2.22. The molecule has 0 saturated carbocycles. The first-order valence-corrected chi connectivity index (χ1v) is 8.92. The van der Waals surface area contributed by atoms with Crippen molar-refractivity contribution in [3.05, 3.63) is 59.2 Å². The number of hydrogen-bond donors (Lipinski definition) is 1. The molecule has 25 heavy (non-hydrogen) atoms. The molecule has 130 valence electrons. The largest absolute Gasteiger partial charge is 0.444 e. The number of nitrogens with zero attached hydrogens (tertiary/aromatic N) is 3. The highest BCUT2D eigenvalue weighted by molar-refractivity contribution is 5.59. The molecule has 0 bridgehead atoms. The highest BCUT2D eigenvalue weighted by Crippen LogP contribution is 2.28. The summed E-state index contributed by atoms with van der Waals surface area (Å²) in [4.78, 5) is 7.17. The lowest BCUT2D eigenvalue weighted by atomic mass is 9.91. The molecule has 0 aliphatic carbocycles. The third-order valence-electron chi connectivity index (χ3n) is 5.13. The Hall–Kier alpha value is -2.40. The molecule has 1 N–H and O–H groups in total. The molecule has 0 atom stereocenters. The van der Waals surface area contributed by atoms with Crippen molar-refractivity contribution in [2.24, 2.45) is 0 Å². The second kappa shape index (κ2) is 6.84. The van der Waals surface area contributed by atoms with E-state index < -0.39 is 0 Å². The average Bonchev–Trinajstić information content (AvgIpc) is 3.28. The summed E-state index contributed by atoms with van der Waals surface area (Å²) in [6.45, 7) is 7.23. The van der Waals surface area contributed by atoms with Crippen molar-refractivity contribution in [2.75, 3.05) is 13.1 Å². The van der Waals surface area contributed by atoms with Crippen LogP contribution in [0.5, 0.6) is 0 Å². The fourth-order valence-corrected chi connectivity index (χ4v) is 3.69. The quantitative estimate of drug-likeness (QED) is 0.780. The van der Waals surface area contributed by atoms with Gasteiger partial charge in [0.1, 0.15) is 6.26 Å². The Morgan fingerprint density at radius 3 is 2.80 bits per heavy atom. The van der Waals surface area contributed by atoms with Gasteiger partial charge >= 0.3 is 0 Å². The maximum absolute atomic E-state index is 5.74. The fraction of sp³-hybridized carbons (Fsp3) is 0.400. The minimum atomic E-state index is 0.623. The molecule has 1 aliphatic heterocycles. The molecule has 0 spiro atoms. The van der Waals surface area contributed by atoms with Gasteiger partial charge in [0.2, 0.25) is 5.89 Å². The van der Waals surface area contributed by atoms with Crippen molar-refractivity contribution in [3.63, 3.8) is 0 Å². The van der Waals surface area contributed by atoms with E-state index in [4.69, 9.17) is 9.40 Å². The van der Waals surface area contributed by atoms with Crippen LogP contribution in [-0.4, -0.2) is 33.2 Å². The van der Waals surface area contributed by atoms with Crippen molar-refractivity contribution in [1.29, 1.82) is 0 Å². The molecule has 5 heteroatoms. The van der Waals surface area contributed by atoms with E-state index in [0.717, 1.165) is 36.8 Å². The molecular weight excluding hydrogens is 312 g/mol. The van der Waals surface area contributed by atoms with Gasteiger partial charge < -0.3 is 4.42 Å². The van der Waals surface area contributed by atoms with Gasteiger partial charge in [-0.3, -0.25) is 10.00 Å². The maximum Gasteiger partial charge on any atom is 0.226 e. The van der Waals surface area contributed by atoms with Gasteiger partial charge in [0.05, 0.1) is 11.9 Å². The summed E-state index contributed by atoms with van der Waals surface area (Å²) in [5.41, 5.74) is 5.88. The van der Waals surface area contributed by atoms with Crippen LogP contribution in [0.15, 0.2) is 41.3 Å². The molecule has 3 heterocycles. The van der Waals surface area contributed by atoms with E-state index in [-0.39, 0.29) is 0 Å². The molecule has 0 radical (unpaired) electrons. The Labute approximate surface area is 148 Å². The standard InChI is InChI=1S/C20H24N4O/c1-14-3-4-19(15(2)9-14)20-23-18(13-25-20)12-24-7-5-16(6-8-24)17-10-21-22-11-17/h3-4,9-11,13,16H,5-8,12H2,1-2H3,(H,21,22). The van der Waals surface area contributed by atoms with Crippen molar-refractivity contribution in [1.82, 2.24) is 20.1 Å². The van der Waals surface area contributed by atoms with Crippen LogP contribution in [0.3, 0.4) is 0 Å². The zero-order valence-corrected chi connectivity index (χ0v) is 14.8. The summed E-state index contributed by atoms with van der Waals surface area (Å²) < 4.78 is 5.74. The van der Waals surface area contributed by atoms with Gasteiger partial charge in [0.15, 0.2) is 0 Å². The molecule has 5 nitrogen and oxygen atoms in total. The number of piperidine rings is 1. The van der Waals surface area contributed by atoms with E-state index in [2.05, 4.69) is 47.1 Å². The van der Waals surface area contributed by atoms with E-state index in [0.29, 0.717) is 5.92 Å². The first-order valence-electron chi connectivity index (χ1n) is 8.92. The molecule has 0 amide bonds. The Bertz CT molecular complexity index is 829. The van der Waals surface area contributed by atoms with Crippen molar-refractivity contribution >= 4 is 0 Å². The first kappa shape index (κ1) is 16.1. The van der Waals surface area contributed by atoms with Gasteiger partial charge in [-0.25, -0.2) is 4.98 Å². The van der Waals surface area contributed by atoms with Gasteiger partial charge in [-0.2, -0.15) is 5.10 Å². The molecule has 1 aromatic carbocycles. The van der Waals surface area contributed by atoms with Gasteiger partial charge in [-0.05, 0) is 62.9 Å². The number of aromatic nitrogens is 3. The summed E-state index contributed by atoms with van der Waals surface area (Å²) in [7, 11) is 0. The topological polar surface area (TPSA) is 58.0 Å². The Morgan fingerprint density at radius 2 is 2.08 bits per heavy atom. The number of nitrogens with one attached hydrogen (secondary N) is 1. The van der Waals surface area contributed by atoms with Crippen molar-refractivity contribution < 1.29 is 4.42 Å². The second-order valence-corrected chi connectivity index (χ2v) is 7.04. The summed E-state index contributed by atoms with van der Waals surface area (Å²) in [6.07, 6.45) is 8.11. The van der Waals surface area contributed by atoms with Crippen LogP contribution in [0.1, 0.15) is 41.1 Å². The maximum atomic E-state index is 5.74. The molecule has 1 fully saturated rings. The van der Waals surface area contributed by atoms with Crippen molar-refractivity contribution in [3.8, 4) is 11.5 Å². The molecule has 4 rings (SSSR count). The zero-order chi connectivity index (χ0) is 17.2. The molecular formula is C20H24N4O. The zero-order valence-electron chi connectivity index (χ0n) is 14.8. The molecule has 1 aliphatic rings. The number of benzene rings is 1. The predicted octanol–water partition coefficient (Wildman–Crippen LogP) is 4.06. The number of oxazole rings is 1. The van der Waals surface area contributed by atoms with Crippen LogP contribution >= 0.6 is 0 Å². The average molecular weight is 336 g/mol. The number of likely N-dealkylation sites (tertiary alicyclic amines) is 1. The van der Waals surface area contributed by atoms with Gasteiger partial charge in [-0.15, -0.1) is 0 Å². The van der Waals surface area contributed by atoms with E-state index in [1.54, 1.807) is 6.26 Å². The van der Waals surface area contributed by atoms with Crippen LogP contribution in [0.4, 0.5) is 0 Å². The first-order chi connectivity index (χ1) is 12.2. The van der Waals surface area contributed by atoms with E-state index >= 15 is 0 Å². The lowest BCUT2D eigenvalue weighted by molar-refractivity contribution is 0.202. The van der Waals surface area contributed by atoms with Crippen LogP contribution < -0.4 is 0 Å². The minimum Gasteiger partial charge on any atom is -0.444 e. The van der Waals surface area contributed by atoms with E-state index in [1.165, 1.54) is 29.5 Å². The van der Waals surface area contributed by atoms with Gasteiger partial charge in [-0.1, -0.05) is 17.7 Å². The lowest BCUT2D eigenvalue weighted by Crippen LogP contribution is -2.32. The minimum absolute atomic E-state index is 0.623. The lowest BCUT2D eigenvalue weighted by Gasteiger charge is -2.30. The smallest absolute Gasteiger partial charge is 0.226 e. The third kappa shape index (κ3) is 3.51. The highest BCUT2D eigenvalue weighted by atomic mass is 16.3. The van der Waals surface area contributed by atoms with Crippen molar-refractivity contribution in [2.45, 2.75) is 39.2 Å². The Balaban J connectivity index is 1.39. The Kier molecular flexibility index (Phi) is 4.40. The third-order valence-corrected chi connectivity index (χ3v) is 5.13. The van der Waals surface area contributed by atoms with Crippen LogP contribution in [-0.2, 0) is 6.54 Å². The number of H-pyrrole nitrogens is 1. The number of rotatable bonds is 4. The predicted molar refractivity (Wildman–Crippen MR) is 97.3 cm³/mol. The van der Waals surface area contributed by atoms with E-state index in [1.807, 2.05) is 12.4 Å². The van der Waals surface area contributed by atoms with Crippen LogP contribution in [0, 0.1) is 13.8 Å². The second-order valence-electron chi connectivity index (χ2n) is 7.04. The van der Waals surface area contributed by atoms with Crippen LogP contribution in [0.2, 0.25) is 0 Å². The van der Waals surface area contributed by atoms with Gasteiger partial charge in [0.25, 0.3) is 0 Å². The molecule has 0 unspecified atom stereocenters.